The largest absolute Gasteiger partial charge is 0.416 e. The number of hydrogen-bond acceptors (Lipinski definition) is 3. The molecule has 1 aliphatic heterocycles. The molecule has 0 saturated carbocycles. The Kier molecular flexibility index (Phi) is 4.66. The molecule has 1 heterocycles. The molecule has 0 saturated heterocycles. The maximum Gasteiger partial charge on any atom is 0.416 e. The fourth-order valence-corrected chi connectivity index (χ4v) is 4.13. The average molecular weight is 398 g/mol. The van der Waals surface area contributed by atoms with E-state index >= 15 is 0 Å². The maximum atomic E-state index is 13.1. The standard InChI is InChI=1S/C19H21F3N2O2S/c1-18(2)11-17(13-6-4-5-7-15(13)24-27(3,25)26)23-16-9-8-12(10-14(16)18)19(20,21)22/h4-10,17,23-24H,11H2,1-3H3. The third-order valence-electron chi connectivity index (χ3n) is 4.75. The highest BCUT2D eigenvalue weighted by molar-refractivity contribution is 7.92. The van der Waals surface area contributed by atoms with E-state index in [0.717, 1.165) is 17.9 Å². The molecule has 4 nitrogen and oxygen atoms in total. The number of sulfonamides is 1. The van der Waals surface area contributed by atoms with Crippen LogP contribution in [0.15, 0.2) is 42.5 Å². The van der Waals surface area contributed by atoms with Crippen LogP contribution in [0.25, 0.3) is 0 Å². The molecule has 1 aliphatic rings. The highest BCUT2D eigenvalue weighted by Gasteiger charge is 2.38. The Labute approximate surface area is 156 Å². The number of halogens is 3. The number of rotatable bonds is 3. The number of fused-ring (bicyclic) bond motifs is 1. The quantitative estimate of drug-likeness (QED) is 0.772. The van der Waals surface area contributed by atoms with E-state index in [1.165, 1.54) is 12.1 Å². The molecular formula is C19H21F3N2O2S. The first kappa shape index (κ1) is 19.5. The Morgan fingerprint density at radius 1 is 1.15 bits per heavy atom. The van der Waals surface area contributed by atoms with Gasteiger partial charge in [0.05, 0.1) is 23.5 Å². The molecule has 1 atom stereocenters. The van der Waals surface area contributed by atoms with Crippen LogP contribution in [-0.4, -0.2) is 14.7 Å². The Morgan fingerprint density at radius 2 is 1.81 bits per heavy atom. The Hall–Kier alpha value is -2.22. The molecular weight excluding hydrogens is 377 g/mol. The van der Waals surface area contributed by atoms with E-state index in [0.29, 0.717) is 23.4 Å². The zero-order chi connectivity index (χ0) is 20.0. The first-order valence-corrected chi connectivity index (χ1v) is 10.3. The van der Waals surface area contributed by atoms with Crippen molar-refractivity contribution < 1.29 is 21.6 Å². The molecule has 0 radical (unpaired) electrons. The van der Waals surface area contributed by atoms with Crippen LogP contribution in [0.2, 0.25) is 0 Å². The van der Waals surface area contributed by atoms with Gasteiger partial charge in [-0.3, -0.25) is 4.72 Å². The molecule has 2 N–H and O–H groups in total. The third-order valence-corrected chi connectivity index (χ3v) is 5.34. The van der Waals surface area contributed by atoms with Crippen LogP contribution >= 0.6 is 0 Å². The Bertz CT molecular complexity index is 969. The van der Waals surface area contributed by atoms with Gasteiger partial charge in [0.25, 0.3) is 0 Å². The van der Waals surface area contributed by atoms with Crippen LogP contribution in [-0.2, 0) is 21.6 Å². The number of benzene rings is 2. The minimum absolute atomic E-state index is 0.241. The number of nitrogens with one attached hydrogen (secondary N) is 2. The molecule has 1 unspecified atom stereocenters. The van der Waals surface area contributed by atoms with Gasteiger partial charge in [-0.15, -0.1) is 0 Å². The smallest absolute Gasteiger partial charge is 0.378 e. The van der Waals surface area contributed by atoms with Gasteiger partial charge in [0, 0.05) is 5.69 Å². The molecule has 2 aromatic rings. The third kappa shape index (κ3) is 4.21. The van der Waals surface area contributed by atoms with Crippen LogP contribution in [0.1, 0.15) is 43.0 Å². The molecule has 0 amide bonds. The fourth-order valence-electron chi connectivity index (χ4n) is 3.55. The molecule has 0 aromatic heterocycles. The monoisotopic (exact) mass is 398 g/mol. The maximum absolute atomic E-state index is 13.1. The lowest BCUT2D eigenvalue weighted by atomic mass is 9.73. The van der Waals surface area contributed by atoms with Gasteiger partial charge in [0.15, 0.2) is 0 Å². The van der Waals surface area contributed by atoms with Gasteiger partial charge in [-0.2, -0.15) is 13.2 Å². The minimum atomic E-state index is -4.39. The summed E-state index contributed by atoms with van der Waals surface area (Å²) < 4.78 is 65.0. The van der Waals surface area contributed by atoms with Crippen molar-refractivity contribution in [2.24, 2.45) is 0 Å². The first-order chi connectivity index (χ1) is 12.4. The summed E-state index contributed by atoms with van der Waals surface area (Å²) in [5, 5.41) is 3.27. The van der Waals surface area contributed by atoms with Gasteiger partial charge in [-0.25, -0.2) is 8.42 Å². The number of alkyl halides is 3. The van der Waals surface area contributed by atoms with Gasteiger partial charge in [0.2, 0.25) is 10.0 Å². The van der Waals surface area contributed by atoms with E-state index in [4.69, 9.17) is 0 Å². The predicted molar refractivity (Wildman–Crippen MR) is 100 cm³/mol. The van der Waals surface area contributed by atoms with E-state index in [2.05, 4.69) is 10.0 Å². The number of hydrogen-bond donors (Lipinski definition) is 2. The van der Waals surface area contributed by atoms with Crippen molar-refractivity contribution in [3.05, 3.63) is 59.2 Å². The van der Waals surface area contributed by atoms with Crippen molar-refractivity contribution >= 4 is 21.4 Å². The molecule has 27 heavy (non-hydrogen) atoms. The summed E-state index contributed by atoms with van der Waals surface area (Å²) in [6.07, 6.45) is -2.80. The van der Waals surface area contributed by atoms with Crippen LogP contribution < -0.4 is 10.0 Å². The van der Waals surface area contributed by atoms with Crippen molar-refractivity contribution in [2.75, 3.05) is 16.3 Å². The summed E-state index contributed by atoms with van der Waals surface area (Å²) in [6.45, 7) is 3.79. The molecule has 2 aromatic carbocycles. The molecule has 146 valence electrons. The normalized spacial score (nSPS) is 19.1. The van der Waals surface area contributed by atoms with Crippen molar-refractivity contribution in [3.63, 3.8) is 0 Å². The second-order valence-electron chi connectivity index (χ2n) is 7.50. The highest BCUT2D eigenvalue weighted by Crippen LogP contribution is 2.46. The second kappa shape index (κ2) is 6.44. The van der Waals surface area contributed by atoms with Crippen molar-refractivity contribution in [1.29, 1.82) is 0 Å². The van der Waals surface area contributed by atoms with Crippen molar-refractivity contribution in [3.8, 4) is 0 Å². The van der Waals surface area contributed by atoms with Gasteiger partial charge in [0.1, 0.15) is 0 Å². The van der Waals surface area contributed by atoms with Gasteiger partial charge in [-0.1, -0.05) is 32.0 Å². The zero-order valence-corrected chi connectivity index (χ0v) is 16.0. The van der Waals surface area contributed by atoms with Crippen molar-refractivity contribution in [2.45, 2.75) is 37.9 Å². The summed E-state index contributed by atoms with van der Waals surface area (Å²) in [7, 11) is -3.45. The van der Waals surface area contributed by atoms with E-state index in [1.54, 1.807) is 18.2 Å². The summed E-state index contributed by atoms with van der Waals surface area (Å²) in [6, 6.07) is 10.5. The van der Waals surface area contributed by atoms with Gasteiger partial charge in [-0.05, 0) is 47.2 Å². The summed E-state index contributed by atoms with van der Waals surface area (Å²) in [5.41, 5.74) is 1.24. The molecule has 0 spiro atoms. The van der Waals surface area contributed by atoms with E-state index in [9.17, 15) is 21.6 Å². The molecule has 8 heteroatoms. The van der Waals surface area contributed by atoms with Crippen LogP contribution in [0.4, 0.5) is 24.5 Å². The predicted octanol–water partition coefficient (Wildman–Crippen LogP) is 4.91. The molecule has 3 rings (SSSR count). The van der Waals surface area contributed by atoms with E-state index < -0.39 is 27.2 Å². The van der Waals surface area contributed by atoms with Gasteiger partial charge >= 0.3 is 6.18 Å². The van der Waals surface area contributed by atoms with Gasteiger partial charge < -0.3 is 5.32 Å². The van der Waals surface area contributed by atoms with Crippen LogP contribution in [0, 0.1) is 0 Å². The number of anilines is 2. The minimum Gasteiger partial charge on any atom is -0.378 e. The lowest BCUT2D eigenvalue weighted by molar-refractivity contribution is -0.137. The Balaban J connectivity index is 2.02. The summed E-state index contributed by atoms with van der Waals surface area (Å²) >= 11 is 0. The fraction of sp³-hybridized carbons (Fsp3) is 0.368. The lowest BCUT2D eigenvalue weighted by Crippen LogP contribution is -2.32. The van der Waals surface area contributed by atoms with E-state index in [1.807, 2.05) is 19.9 Å². The molecule has 0 fully saturated rings. The lowest BCUT2D eigenvalue weighted by Gasteiger charge is -2.39. The van der Waals surface area contributed by atoms with Crippen LogP contribution in [0.3, 0.4) is 0 Å². The molecule has 0 bridgehead atoms. The average Bonchev–Trinajstić information content (AvgIpc) is 2.52. The molecule has 0 aliphatic carbocycles. The summed E-state index contributed by atoms with van der Waals surface area (Å²) in [4.78, 5) is 0. The van der Waals surface area contributed by atoms with Crippen molar-refractivity contribution in [1.82, 2.24) is 0 Å². The number of para-hydroxylation sites is 1. The van der Waals surface area contributed by atoms with E-state index in [-0.39, 0.29) is 6.04 Å². The SMILES string of the molecule is CC1(C)CC(c2ccccc2NS(C)(=O)=O)Nc2ccc(C(F)(F)F)cc21. The highest BCUT2D eigenvalue weighted by atomic mass is 32.2. The van der Waals surface area contributed by atoms with Crippen LogP contribution in [0.5, 0.6) is 0 Å². The first-order valence-electron chi connectivity index (χ1n) is 8.42. The second-order valence-corrected chi connectivity index (χ2v) is 9.25. The zero-order valence-electron chi connectivity index (χ0n) is 15.2. The Morgan fingerprint density at radius 3 is 2.44 bits per heavy atom. The topological polar surface area (TPSA) is 58.2 Å². The summed E-state index contributed by atoms with van der Waals surface area (Å²) in [5.74, 6) is 0.